The van der Waals surface area contributed by atoms with Crippen molar-refractivity contribution in [2.75, 3.05) is 7.05 Å². The van der Waals surface area contributed by atoms with Crippen molar-refractivity contribution in [1.82, 2.24) is 8.87 Å². The fourth-order valence-electron chi connectivity index (χ4n) is 3.93. The summed E-state index contributed by atoms with van der Waals surface area (Å²) in [6, 6.07) is 11.3. The van der Waals surface area contributed by atoms with Crippen molar-refractivity contribution in [3.05, 3.63) is 76.7 Å². The smallest absolute Gasteiger partial charge is 0.407 e. The molecule has 0 fully saturated rings. The third kappa shape index (κ3) is 3.26. The quantitative estimate of drug-likeness (QED) is 0.622. The van der Waals surface area contributed by atoms with Crippen LogP contribution in [-0.4, -0.2) is 35.5 Å². The molecule has 0 saturated carbocycles. The number of carbonyl (C=O) groups is 1. The van der Waals surface area contributed by atoms with Crippen molar-refractivity contribution in [1.29, 1.82) is 0 Å². The van der Waals surface area contributed by atoms with E-state index in [1.165, 1.54) is 49.6 Å². The van der Waals surface area contributed by atoms with E-state index in [0.29, 0.717) is 24.0 Å². The Hall–Kier alpha value is -2.84. The Morgan fingerprint density at radius 3 is 2.63 bits per heavy atom. The molecule has 4 rings (SSSR count). The van der Waals surface area contributed by atoms with Gasteiger partial charge < -0.3 is 10.0 Å². The molecular formula is C21H18ClFN2O4S. The Morgan fingerprint density at radius 1 is 1.23 bits per heavy atom. The highest BCUT2D eigenvalue weighted by atomic mass is 35.5. The third-order valence-corrected chi connectivity index (χ3v) is 7.28. The molecule has 0 bridgehead atoms. The van der Waals surface area contributed by atoms with Gasteiger partial charge in [0.25, 0.3) is 10.0 Å². The molecule has 9 heteroatoms. The molecule has 30 heavy (non-hydrogen) atoms. The minimum absolute atomic E-state index is 0.0376. The van der Waals surface area contributed by atoms with Crippen molar-refractivity contribution in [3.63, 3.8) is 0 Å². The maximum atomic E-state index is 14.7. The molecule has 1 N–H and O–H groups in total. The third-order valence-electron chi connectivity index (χ3n) is 5.39. The summed E-state index contributed by atoms with van der Waals surface area (Å²) < 4.78 is 42.7. The van der Waals surface area contributed by atoms with Crippen molar-refractivity contribution < 1.29 is 22.7 Å². The number of hydrogen-bond acceptors (Lipinski definition) is 3. The van der Waals surface area contributed by atoms with Crippen LogP contribution in [0.25, 0.3) is 11.3 Å². The van der Waals surface area contributed by atoms with E-state index < -0.39 is 28.0 Å². The van der Waals surface area contributed by atoms with Crippen LogP contribution < -0.4 is 0 Å². The number of fused-ring (bicyclic) bond motifs is 1. The van der Waals surface area contributed by atoms with Gasteiger partial charge in [0.1, 0.15) is 5.82 Å². The second-order valence-electron chi connectivity index (χ2n) is 7.10. The zero-order valence-corrected chi connectivity index (χ0v) is 17.5. The summed E-state index contributed by atoms with van der Waals surface area (Å²) in [5, 5.41) is 9.66. The van der Waals surface area contributed by atoms with Gasteiger partial charge in [-0.1, -0.05) is 29.8 Å². The van der Waals surface area contributed by atoms with E-state index in [9.17, 15) is 22.7 Å². The minimum Gasteiger partial charge on any atom is -0.465 e. The van der Waals surface area contributed by atoms with Gasteiger partial charge in [0.2, 0.25) is 0 Å². The van der Waals surface area contributed by atoms with Crippen LogP contribution in [0.1, 0.15) is 23.6 Å². The average Bonchev–Trinajstić information content (AvgIpc) is 3.27. The number of carboxylic acid groups (broad SMARTS) is 1. The van der Waals surface area contributed by atoms with Crippen LogP contribution in [0.15, 0.2) is 59.6 Å². The first kappa shape index (κ1) is 20.4. The molecule has 1 unspecified atom stereocenters. The highest BCUT2D eigenvalue weighted by Gasteiger charge is 2.36. The van der Waals surface area contributed by atoms with Crippen molar-refractivity contribution in [2.24, 2.45) is 0 Å². The van der Waals surface area contributed by atoms with E-state index in [4.69, 9.17) is 11.6 Å². The van der Waals surface area contributed by atoms with Crippen LogP contribution in [0.4, 0.5) is 9.18 Å². The highest BCUT2D eigenvalue weighted by molar-refractivity contribution is 7.90. The molecule has 2 aromatic carbocycles. The lowest BCUT2D eigenvalue weighted by Crippen LogP contribution is -2.28. The second kappa shape index (κ2) is 7.45. The number of benzene rings is 2. The van der Waals surface area contributed by atoms with Gasteiger partial charge in [0, 0.05) is 23.8 Å². The summed E-state index contributed by atoms with van der Waals surface area (Å²) in [6.45, 7) is 0. The summed E-state index contributed by atoms with van der Waals surface area (Å²) >= 11 is 5.99. The van der Waals surface area contributed by atoms with Crippen LogP contribution in [-0.2, 0) is 16.4 Å². The number of hydrogen-bond donors (Lipinski definition) is 1. The van der Waals surface area contributed by atoms with Crippen LogP contribution >= 0.6 is 11.6 Å². The summed E-state index contributed by atoms with van der Waals surface area (Å²) in [4.78, 5) is 12.6. The molecule has 0 radical (unpaired) electrons. The van der Waals surface area contributed by atoms with Crippen molar-refractivity contribution >= 4 is 27.7 Å². The molecule has 0 spiro atoms. The Kier molecular flexibility index (Phi) is 5.07. The zero-order chi connectivity index (χ0) is 21.6. The largest absolute Gasteiger partial charge is 0.465 e. The maximum Gasteiger partial charge on any atom is 0.407 e. The molecule has 0 aliphatic heterocycles. The van der Waals surface area contributed by atoms with E-state index in [-0.39, 0.29) is 21.2 Å². The van der Waals surface area contributed by atoms with Gasteiger partial charge in [-0.2, -0.15) is 0 Å². The first-order valence-corrected chi connectivity index (χ1v) is 11.0. The van der Waals surface area contributed by atoms with E-state index in [1.807, 2.05) is 0 Å². The molecule has 1 aromatic heterocycles. The second-order valence-corrected chi connectivity index (χ2v) is 9.35. The predicted molar refractivity (Wildman–Crippen MR) is 111 cm³/mol. The normalized spacial score (nSPS) is 15.8. The Bertz CT molecular complexity index is 1260. The molecule has 1 amide bonds. The number of aromatic nitrogens is 1. The van der Waals surface area contributed by atoms with Crippen LogP contribution in [0.5, 0.6) is 0 Å². The molecule has 3 aromatic rings. The molecule has 1 aliphatic rings. The molecule has 6 nitrogen and oxygen atoms in total. The van der Waals surface area contributed by atoms with E-state index in [1.54, 1.807) is 12.1 Å². The minimum atomic E-state index is -4.10. The van der Waals surface area contributed by atoms with Gasteiger partial charge in [-0.3, -0.25) is 0 Å². The molecule has 1 atom stereocenters. The predicted octanol–water partition coefficient (Wildman–Crippen LogP) is 4.78. The van der Waals surface area contributed by atoms with Gasteiger partial charge in [-0.05, 0) is 54.3 Å². The molecule has 1 aliphatic carbocycles. The van der Waals surface area contributed by atoms with Crippen LogP contribution in [0.3, 0.4) is 0 Å². The number of amides is 1. The monoisotopic (exact) mass is 448 g/mol. The first-order chi connectivity index (χ1) is 14.2. The maximum absolute atomic E-state index is 14.7. The highest BCUT2D eigenvalue weighted by Crippen LogP contribution is 2.43. The number of rotatable bonds is 4. The lowest BCUT2D eigenvalue weighted by Gasteiger charge is -2.21. The summed E-state index contributed by atoms with van der Waals surface area (Å²) in [5.41, 5.74) is 1.54. The standard InChI is InChI=1S/C21H18ClFN2O4S/c1-24(21(26)27)19-10-9-15-17(19)12-25(20(15)16-7-2-3-8-18(16)23)30(28,29)14-6-4-5-13(22)11-14/h2-8,11-12,19H,9-10H2,1H3,(H,26,27). The number of halogens is 2. The zero-order valence-electron chi connectivity index (χ0n) is 15.9. The molecule has 0 saturated heterocycles. The Labute approximate surface area is 178 Å². The van der Waals surface area contributed by atoms with Gasteiger partial charge >= 0.3 is 6.09 Å². The van der Waals surface area contributed by atoms with Crippen molar-refractivity contribution in [2.45, 2.75) is 23.8 Å². The van der Waals surface area contributed by atoms with Crippen molar-refractivity contribution in [3.8, 4) is 11.3 Å². The van der Waals surface area contributed by atoms with Crippen LogP contribution in [0, 0.1) is 5.82 Å². The average molecular weight is 449 g/mol. The van der Waals surface area contributed by atoms with E-state index in [0.717, 1.165) is 8.87 Å². The van der Waals surface area contributed by atoms with Gasteiger partial charge in [0.15, 0.2) is 0 Å². The fourth-order valence-corrected chi connectivity index (χ4v) is 5.64. The lowest BCUT2D eigenvalue weighted by atomic mass is 10.1. The van der Waals surface area contributed by atoms with Gasteiger partial charge in [0.05, 0.1) is 16.6 Å². The Balaban J connectivity index is 1.99. The lowest BCUT2D eigenvalue weighted by molar-refractivity contribution is 0.138. The first-order valence-electron chi connectivity index (χ1n) is 9.17. The topological polar surface area (TPSA) is 79.6 Å². The van der Waals surface area contributed by atoms with Gasteiger partial charge in [-0.15, -0.1) is 0 Å². The summed E-state index contributed by atoms with van der Waals surface area (Å²) in [6.07, 6.45) is 1.21. The SMILES string of the molecule is CN(C(=O)O)C1CCc2c1cn(S(=O)(=O)c1cccc(Cl)c1)c2-c1ccccc1F. The molecular weight excluding hydrogens is 431 g/mol. The molecule has 156 valence electrons. The summed E-state index contributed by atoms with van der Waals surface area (Å²) in [7, 11) is -2.67. The fraction of sp³-hybridized carbons (Fsp3) is 0.190. The molecule has 1 heterocycles. The summed E-state index contributed by atoms with van der Waals surface area (Å²) in [5.74, 6) is -0.559. The van der Waals surface area contributed by atoms with Gasteiger partial charge in [-0.25, -0.2) is 21.6 Å². The Morgan fingerprint density at radius 2 is 1.97 bits per heavy atom. The van der Waals surface area contributed by atoms with Crippen LogP contribution in [0.2, 0.25) is 5.02 Å². The van der Waals surface area contributed by atoms with E-state index in [2.05, 4.69) is 0 Å². The van der Waals surface area contributed by atoms with E-state index >= 15 is 0 Å². The number of nitrogens with zero attached hydrogens (tertiary/aromatic N) is 2.